The number of nitrogens with zero attached hydrogens (tertiary/aromatic N) is 1. The first kappa shape index (κ1) is 11.2. The third kappa shape index (κ3) is 1.74. The summed E-state index contributed by atoms with van der Waals surface area (Å²) in [6.45, 7) is 6.54. The van der Waals surface area contributed by atoms with Crippen molar-refractivity contribution >= 4 is 22.5 Å². The van der Waals surface area contributed by atoms with Crippen molar-refractivity contribution in [3.8, 4) is 5.75 Å². The molecule has 0 saturated heterocycles. The van der Waals surface area contributed by atoms with Gasteiger partial charge in [0, 0.05) is 11.1 Å². The molecule has 0 aliphatic heterocycles. The first-order valence-electron chi connectivity index (χ1n) is 5.33. The summed E-state index contributed by atoms with van der Waals surface area (Å²) in [7, 11) is 0. The predicted molar refractivity (Wildman–Crippen MR) is 67.4 cm³/mol. The van der Waals surface area contributed by atoms with Gasteiger partial charge in [0.25, 0.3) is 0 Å². The number of rotatable bonds is 2. The molecule has 0 aliphatic carbocycles. The first-order chi connectivity index (χ1) is 7.65. The number of ether oxygens (including phenoxy) is 1. The van der Waals surface area contributed by atoms with Gasteiger partial charge in [-0.1, -0.05) is 23.7 Å². The van der Waals surface area contributed by atoms with Gasteiger partial charge in [0.15, 0.2) is 0 Å². The number of aryl methyl sites for hydroxylation is 1. The van der Waals surface area contributed by atoms with Crippen LogP contribution in [0.25, 0.3) is 10.9 Å². The molecule has 3 heteroatoms. The zero-order chi connectivity index (χ0) is 11.7. The minimum absolute atomic E-state index is 0.630. The molecule has 0 aliphatic rings. The molecule has 16 heavy (non-hydrogen) atoms. The summed E-state index contributed by atoms with van der Waals surface area (Å²) in [6.07, 6.45) is 0. The monoisotopic (exact) mass is 235 g/mol. The molecule has 2 nitrogen and oxygen atoms in total. The van der Waals surface area contributed by atoms with Gasteiger partial charge in [-0.25, -0.2) is 4.98 Å². The van der Waals surface area contributed by atoms with Crippen molar-refractivity contribution in [2.75, 3.05) is 6.61 Å². The standard InChI is InChI=1S/C13H14ClNO/c1-4-16-11-7-5-6-10-12(14)8(2)9(3)15-13(10)11/h5-7H,4H2,1-3H3. The van der Waals surface area contributed by atoms with Crippen molar-refractivity contribution in [3.63, 3.8) is 0 Å². The lowest BCUT2D eigenvalue weighted by atomic mass is 10.1. The number of benzene rings is 1. The Hall–Kier alpha value is -1.28. The Bertz CT molecular complexity index is 537. The molecule has 0 spiro atoms. The lowest BCUT2D eigenvalue weighted by molar-refractivity contribution is 0.343. The normalized spacial score (nSPS) is 10.8. The molecule has 0 radical (unpaired) electrons. The number of hydrogen-bond donors (Lipinski definition) is 0. The number of hydrogen-bond acceptors (Lipinski definition) is 2. The van der Waals surface area contributed by atoms with Gasteiger partial charge in [-0.15, -0.1) is 0 Å². The lowest BCUT2D eigenvalue weighted by Gasteiger charge is -2.10. The second-order valence-corrected chi connectivity index (χ2v) is 4.10. The van der Waals surface area contributed by atoms with Crippen molar-refractivity contribution in [1.82, 2.24) is 4.98 Å². The van der Waals surface area contributed by atoms with E-state index < -0.39 is 0 Å². The fraction of sp³-hybridized carbons (Fsp3) is 0.308. The summed E-state index contributed by atoms with van der Waals surface area (Å²) in [6, 6.07) is 5.83. The topological polar surface area (TPSA) is 22.1 Å². The van der Waals surface area contributed by atoms with Gasteiger partial charge >= 0.3 is 0 Å². The Labute approximate surface area is 100 Å². The zero-order valence-electron chi connectivity index (χ0n) is 9.67. The van der Waals surface area contributed by atoms with E-state index in [-0.39, 0.29) is 0 Å². The Balaban J connectivity index is 2.78. The fourth-order valence-corrected chi connectivity index (χ4v) is 1.99. The van der Waals surface area contributed by atoms with E-state index in [0.717, 1.165) is 32.9 Å². The molecule has 1 aromatic heterocycles. The van der Waals surface area contributed by atoms with Gasteiger partial charge in [-0.3, -0.25) is 0 Å². The molecule has 84 valence electrons. The SMILES string of the molecule is CCOc1cccc2c(Cl)c(C)c(C)nc12. The first-order valence-corrected chi connectivity index (χ1v) is 5.71. The van der Waals surface area contributed by atoms with Crippen molar-refractivity contribution < 1.29 is 4.74 Å². The van der Waals surface area contributed by atoms with Gasteiger partial charge in [-0.05, 0) is 32.4 Å². The van der Waals surface area contributed by atoms with Crippen LogP contribution in [0.15, 0.2) is 18.2 Å². The van der Waals surface area contributed by atoms with Gasteiger partial charge in [0.05, 0.1) is 11.6 Å². The van der Waals surface area contributed by atoms with E-state index in [2.05, 4.69) is 4.98 Å². The van der Waals surface area contributed by atoms with E-state index in [9.17, 15) is 0 Å². The zero-order valence-corrected chi connectivity index (χ0v) is 10.4. The van der Waals surface area contributed by atoms with Crippen LogP contribution in [-0.2, 0) is 0 Å². The molecule has 2 rings (SSSR count). The summed E-state index contributed by atoms with van der Waals surface area (Å²) >= 11 is 6.31. The maximum Gasteiger partial charge on any atom is 0.145 e. The van der Waals surface area contributed by atoms with Crippen molar-refractivity contribution in [2.24, 2.45) is 0 Å². The minimum atomic E-state index is 0.630. The summed E-state index contributed by atoms with van der Waals surface area (Å²) in [5.41, 5.74) is 2.82. The summed E-state index contributed by atoms with van der Waals surface area (Å²) in [5.74, 6) is 0.796. The average Bonchev–Trinajstić information content (AvgIpc) is 2.28. The van der Waals surface area contributed by atoms with Gasteiger partial charge in [-0.2, -0.15) is 0 Å². The second kappa shape index (κ2) is 4.30. The Morgan fingerprint density at radius 2 is 2.06 bits per heavy atom. The van der Waals surface area contributed by atoms with Crippen LogP contribution in [0.1, 0.15) is 18.2 Å². The lowest BCUT2D eigenvalue weighted by Crippen LogP contribution is -1.96. The maximum absolute atomic E-state index is 6.31. The highest BCUT2D eigenvalue weighted by Gasteiger charge is 2.10. The Morgan fingerprint density at radius 1 is 1.31 bits per heavy atom. The third-order valence-corrected chi connectivity index (χ3v) is 3.17. The number of aromatic nitrogens is 1. The van der Waals surface area contributed by atoms with Crippen LogP contribution < -0.4 is 4.74 Å². The number of fused-ring (bicyclic) bond motifs is 1. The van der Waals surface area contributed by atoms with Gasteiger partial charge in [0.1, 0.15) is 11.3 Å². The molecule has 2 aromatic rings. The fourth-order valence-electron chi connectivity index (χ4n) is 1.70. The summed E-state index contributed by atoms with van der Waals surface area (Å²) in [4.78, 5) is 4.55. The molecule has 0 unspecified atom stereocenters. The van der Waals surface area contributed by atoms with E-state index in [1.807, 2.05) is 39.0 Å². The highest BCUT2D eigenvalue weighted by molar-refractivity contribution is 6.36. The van der Waals surface area contributed by atoms with E-state index in [1.54, 1.807) is 0 Å². The van der Waals surface area contributed by atoms with Gasteiger partial charge in [0.2, 0.25) is 0 Å². The maximum atomic E-state index is 6.31. The Morgan fingerprint density at radius 3 is 2.75 bits per heavy atom. The number of para-hydroxylation sites is 1. The molecule has 0 fully saturated rings. The molecule has 0 atom stereocenters. The number of halogens is 1. The number of pyridine rings is 1. The van der Waals surface area contributed by atoms with E-state index in [4.69, 9.17) is 16.3 Å². The van der Waals surface area contributed by atoms with E-state index in [0.29, 0.717) is 6.61 Å². The molecule has 0 amide bonds. The van der Waals surface area contributed by atoms with Crippen molar-refractivity contribution in [1.29, 1.82) is 0 Å². The van der Waals surface area contributed by atoms with Crippen LogP contribution in [0.3, 0.4) is 0 Å². The van der Waals surface area contributed by atoms with Crippen LogP contribution in [0.2, 0.25) is 5.02 Å². The molecule has 0 bridgehead atoms. The van der Waals surface area contributed by atoms with Crippen LogP contribution in [0.4, 0.5) is 0 Å². The third-order valence-electron chi connectivity index (χ3n) is 2.69. The molecular formula is C13H14ClNO. The van der Waals surface area contributed by atoms with Crippen LogP contribution in [0.5, 0.6) is 5.75 Å². The smallest absolute Gasteiger partial charge is 0.145 e. The summed E-state index contributed by atoms with van der Waals surface area (Å²) in [5, 5.41) is 1.72. The molecule has 0 saturated carbocycles. The van der Waals surface area contributed by atoms with Crippen LogP contribution >= 0.6 is 11.6 Å². The van der Waals surface area contributed by atoms with Crippen LogP contribution in [-0.4, -0.2) is 11.6 Å². The highest BCUT2D eigenvalue weighted by atomic mass is 35.5. The van der Waals surface area contributed by atoms with Crippen LogP contribution in [0, 0.1) is 13.8 Å². The summed E-state index contributed by atoms with van der Waals surface area (Å²) < 4.78 is 5.55. The molecular weight excluding hydrogens is 222 g/mol. The minimum Gasteiger partial charge on any atom is -0.492 e. The quantitative estimate of drug-likeness (QED) is 0.788. The van der Waals surface area contributed by atoms with Crippen molar-refractivity contribution in [3.05, 3.63) is 34.5 Å². The predicted octanol–water partition coefficient (Wildman–Crippen LogP) is 3.90. The van der Waals surface area contributed by atoms with E-state index >= 15 is 0 Å². The Kier molecular flexibility index (Phi) is 3.01. The largest absolute Gasteiger partial charge is 0.492 e. The average molecular weight is 236 g/mol. The molecule has 1 heterocycles. The molecule has 1 aromatic carbocycles. The highest BCUT2D eigenvalue weighted by Crippen LogP contribution is 2.32. The van der Waals surface area contributed by atoms with Crippen molar-refractivity contribution in [2.45, 2.75) is 20.8 Å². The molecule has 0 N–H and O–H groups in total. The van der Waals surface area contributed by atoms with Gasteiger partial charge < -0.3 is 4.74 Å². The van der Waals surface area contributed by atoms with E-state index in [1.165, 1.54) is 0 Å². The second-order valence-electron chi connectivity index (χ2n) is 3.72.